The number of carbonyl (C=O) groups is 2. The normalized spacial score (nSPS) is 26.0. The second-order valence-electron chi connectivity index (χ2n) is 10.8. The molecule has 4 saturated carbocycles. The van der Waals surface area contributed by atoms with Gasteiger partial charge in [-0.05, 0) is 92.7 Å². The molecule has 4 bridgehead atoms. The minimum atomic E-state index is -0.999. The Kier molecular flexibility index (Phi) is 6.68. The molecule has 7 nitrogen and oxygen atoms in total. The summed E-state index contributed by atoms with van der Waals surface area (Å²) < 4.78 is 17.5. The molecule has 2 aromatic rings. The zero-order valence-electron chi connectivity index (χ0n) is 21.3. The number of rotatable bonds is 9. The number of hydrogen-bond donors (Lipinski definition) is 1. The Hall–Kier alpha value is -3.06. The van der Waals surface area contributed by atoms with E-state index in [-0.39, 0.29) is 16.9 Å². The van der Waals surface area contributed by atoms with Gasteiger partial charge in [0.1, 0.15) is 18.1 Å². The van der Waals surface area contributed by atoms with Gasteiger partial charge in [-0.3, -0.25) is 4.79 Å². The van der Waals surface area contributed by atoms with Crippen LogP contribution in [0.3, 0.4) is 0 Å². The Morgan fingerprint density at radius 1 is 0.944 bits per heavy atom. The third-order valence-electron chi connectivity index (χ3n) is 8.47. The number of carbonyl (C=O) groups excluding carboxylic acids is 1. The fraction of sp³-hybridized carbons (Fsp3) is 0.517. The number of ether oxygens (including phenoxy) is 3. The number of amides is 1. The summed E-state index contributed by atoms with van der Waals surface area (Å²) >= 11 is 0. The van der Waals surface area contributed by atoms with Crippen molar-refractivity contribution < 1.29 is 28.9 Å². The number of hydrogen-bond acceptors (Lipinski definition) is 5. The van der Waals surface area contributed by atoms with E-state index in [1.165, 1.54) is 31.4 Å². The van der Waals surface area contributed by atoms with E-state index in [9.17, 15) is 14.7 Å². The van der Waals surface area contributed by atoms with Gasteiger partial charge in [0.25, 0.3) is 5.91 Å². The molecule has 7 heteroatoms. The first-order valence-corrected chi connectivity index (χ1v) is 12.8. The summed E-state index contributed by atoms with van der Waals surface area (Å²) in [5.41, 5.74) is 2.29. The zero-order chi connectivity index (χ0) is 25.4. The van der Waals surface area contributed by atoms with Crippen LogP contribution >= 0.6 is 0 Å². The second-order valence-corrected chi connectivity index (χ2v) is 10.8. The highest BCUT2D eigenvalue weighted by Crippen LogP contribution is 2.63. The monoisotopic (exact) mass is 493 g/mol. The summed E-state index contributed by atoms with van der Waals surface area (Å²) in [6.45, 7) is 0.917. The van der Waals surface area contributed by atoms with Crippen molar-refractivity contribution in [3.8, 4) is 11.5 Å². The molecule has 6 rings (SSSR count). The lowest BCUT2D eigenvalue weighted by Crippen LogP contribution is -2.49. The summed E-state index contributed by atoms with van der Waals surface area (Å²) in [5, 5.41) is 9.20. The minimum Gasteiger partial charge on any atom is -0.495 e. The van der Waals surface area contributed by atoms with E-state index in [1.807, 2.05) is 6.07 Å². The molecule has 4 aliphatic carbocycles. The van der Waals surface area contributed by atoms with Crippen LogP contribution in [0.15, 0.2) is 36.4 Å². The summed E-state index contributed by atoms with van der Waals surface area (Å²) in [6, 6.07) is 10.0. The number of carboxylic acids is 1. The average molecular weight is 494 g/mol. The lowest BCUT2D eigenvalue weighted by Gasteiger charge is -2.57. The summed E-state index contributed by atoms with van der Waals surface area (Å²) in [7, 11) is 4.99. The van der Waals surface area contributed by atoms with Crippen molar-refractivity contribution in [3.63, 3.8) is 0 Å². The first-order chi connectivity index (χ1) is 17.3. The molecule has 0 aromatic heterocycles. The fourth-order valence-corrected chi connectivity index (χ4v) is 7.34. The van der Waals surface area contributed by atoms with Crippen LogP contribution in [0.5, 0.6) is 11.5 Å². The molecular weight excluding hydrogens is 458 g/mol. The molecule has 0 heterocycles. The zero-order valence-corrected chi connectivity index (χ0v) is 21.3. The number of carboxylic acid groups (broad SMARTS) is 1. The van der Waals surface area contributed by atoms with E-state index in [4.69, 9.17) is 14.2 Å². The van der Waals surface area contributed by atoms with Crippen molar-refractivity contribution in [2.75, 3.05) is 39.4 Å². The molecule has 4 fully saturated rings. The van der Waals surface area contributed by atoms with Crippen molar-refractivity contribution in [2.45, 2.75) is 43.9 Å². The number of benzene rings is 2. The van der Waals surface area contributed by atoms with Gasteiger partial charge in [-0.1, -0.05) is 0 Å². The smallest absolute Gasteiger partial charge is 0.335 e. The highest BCUT2D eigenvalue weighted by atomic mass is 16.5. The van der Waals surface area contributed by atoms with Crippen LogP contribution < -0.4 is 14.4 Å². The molecule has 0 atom stereocenters. The Labute approximate surface area is 212 Å². The third-order valence-corrected chi connectivity index (χ3v) is 8.47. The maximum atomic E-state index is 13.8. The standard InChI is InChI=1S/C29H35NO6/c1-30(22-6-4-21(5-7-22)28(32)33)27(31)23-8-9-24(36-11-10-34-2)25(26(23)35-3)29-15-18-12-19(16-29)14-20(13-18)17-29/h4-9,18-20H,10-17H2,1-3H3,(H,32,33). The molecule has 1 amide bonds. The van der Waals surface area contributed by atoms with Crippen LogP contribution in [0, 0.1) is 17.8 Å². The summed E-state index contributed by atoms with van der Waals surface area (Å²) in [6.07, 6.45) is 7.28. The molecular formula is C29H35NO6. The number of nitrogens with zero attached hydrogens (tertiary/aromatic N) is 1. The van der Waals surface area contributed by atoms with Crippen LogP contribution in [0.25, 0.3) is 0 Å². The highest BCUT2D eigenvalue weighted by Gasteiger charge is 2.54. The van der Waals surface area contributed by atoms with Gasteiger partial charge in [0.15, 0.2) is 0 Å². The van der Waals surface area contributed by atoms with Gasteiger partial charge in [-0.25, -0.2) is 4.79 Å². The molecule has 0 spiro atoms. The van der Waals surface area contributed by atoms with Crippen molar-refractivity contribution in [1.82, 2.24) is 0 Å². The quantitative estimate of drug-likeness (QED) is 0.486. The molecule has 1 N–H and O–H groups in total. The largest absolute Gasteiger partial charge is 0.495 e. The van der Waals surface area contributed by atoms with Gasteiger partial charge in [0, 0.05) is 30.8 Å². The first-order valence-electron chi connectivity index (χ1n) is 12.8. The molecule has 0 unspecified atom stereocenters. The lowest BCUT2D eigenvalue weighted by molar-refractivity contribution is -0.00765. The number of aromatic carboxylic acids is 1. The van der Waals surface area contributed by atoms with Gasteiger partial charge in [-0.15, -0.1) is 0 Å². The number of methoxy groups -OCH3 is 2. The van der Waals surface area contributed by atoms with Crippen molar-refractivity contribution in [2.24, 2.45) is 17.8 Å². The van der Waals surface area contributed by atoms with Crippen LogP contribution in [-0.2, 0) is 10.2 Å². The Balaban J connectivity index is 1.55. The van der Waals surface area contributed by atoms with Crippen molar-refractivity contribution in [3.05, 3.63) is 53.1 Å². The average Bonchev–Trinajstić information content (AvgIpc) is 2.86. The van der Waals surface area contributed by atoms with Gasteiger partial charge in [0.05, 0.1) is 24.8 Å². The van der Waals surface area contributed by atoms with Gasteiger partial charge in [-0.2, -0.15) is 0 Å². The van der Waals surface area contributed by atoms with E-state index >= 15 is 0 Å². The van der Waals surface area contributed by atoms with Crippen molar-refractivity contribution in [1.29, 1.82) is 0 Å². The van der Waals surface area contributed by atoms with Crippen LogP contribution in [-0.4, -0.2) is 51.5 Å². The fourth-order valence-electron chi connectivity index (χ4n) is 7.34. The lowest BCUT2D eigenvalue weighted by atomic mass is 9.47. The number of anilines is 1. The SMILES string of the molecule is COCCOc1ccc(C(=O)N(C)c2ccc(C(=O)O)cc2)c(OC)c1C12CC3CC(CC(C3)C1)C2. The van der Waals surface area contributed by atoms with Crippen LogP contribution in [0.1, 0.15) is 64.8 Å². The minimum absolute atomic E-state index is 0.0412. The second kappa shape index (κ2) is 9.77. The van der Waals surface area contributed by atoms with E-state index in [0.717, 1.165) is 48.3 Å². The highest BCUT2D eigenvalue weighted by molar-refractivity contribution is 6.08. The molecule has 192 valence electrons. The topological polar surface area (TPSA) is 85.3 Å². The molecule has 4 aliphatic rings. The summed E-state index contributed by atoms with van der Waals surface area (Å²) in [4.78, 5) is 26.5. The third kappa shape index (κ3) is 4.34. The maximum Gasteiger partial charge on any atom is 0.335 e. The molecule has 0 saturated heterocycles. The van der Waals surface area contributed by atoms with Gasteiger partial charge in [0.2, 0.25) is 0 Å². The Morgan fingerprint density at radius 2 is 1.56 bits per heavy atom. The van der Waals surface area contributed by atoms with Gasteiger partial charge < -0.3 is 24.2 Å². The maximum absolute atomic E-state index is 13.8. The van der Waals surface area contributed by atoms with Crippen molar-refractivity contribution >= 4 is 17.6 Å². The van der Waals surface area contributed by atoms with E-state index in [1.54, 1.807) is 44.4 Å². The molecule has 2 aromatic carbocycles. The van der Waals surface area contributed by atoms with E-state index < -0.39 is 5.97 Å². The van der Waals surface area contributed by atoms with Gasteiger partial charge >= 0.3 is 5.97 Å². The van der Waals surface area contributed by atoms with E-state index in [2.05, 4.69) is 0 Å². The van der Waals surface area contributed by atoms with E-state index in [0.29, 0.717) is 30.2 Å². The summed E-state index contributed by atoms with van der Waals surface area (Å²) in [5.74, 6) is 2.36. The predicted molar refractivity (Wildman–Crippen MR) is 136 cm³/mol. The predicted octanol–water partition coefficient (Wildman–Crippen LogP) is 5.16. The van der Waals surface area contributed by atoms with Crippen LogP contribution in [0.2, 0.25) is 0 Å². The van der Waals surface area contributed by atoms with Crippen LogP contribution in [0.4, 0.5) is 5.69 Å². The Morgan fingerprint density at radius 3 is 2.08 bits per heavy atom. The molecule has 0 aliphatic heterocycles. The molecule has 0 radical (unpaired) electrons. The Bertz CT molecular complexity index is 1110. The molecule has 36 heavy (non-hydrogen) atoms. The first kappa shape index (κ1) is 24.6.